The molecule has 202 valence electrons. The first-order valence-electron chi connectivity index (χ1n) is 13.5. The Labute approximate surface area is 225 Å². The molecule has 0 radical (unpaired) electrons. The normalized spacial score (nSPS) is 13.5. The Hall–Kier alpha value is -2.87. The number of carboxylic acids is 1. The first-order chi connectivity index (χ1) is 17.9. The largest absolute Gasteiger partial charge is 0.481 e. The molecule has 37 heavy (non-hydrogen) atoms. The molecule has 3 rings (SSSR count). The number of aromatic nitrogens is 2. The zero-order chi connectivity index (χ0) is 26.6. The Morgan fingerprint density at radius 2 is 1.78 bits per heavy atom. The van der Waals surface area contributed by atoms with E-state index in [-0.39, 0.29) is 30.1 Å². The summed E-state index contributed by atoms with van der Waals surface area (Å²) >= 11 is 6.44. The number of hydrogen-bond acceptors (Lipinski definition) is 6. The molecular formula is C28H40ClN5O3. The topological polar surface area (TPSA) is 107 Å². The van der Waals surface area contributed by atoms with Crippen molar-refractivity contribution in [2.45, 2.75) is 83.6 Å². The van der Waals surface area contributed by atoms with Crippen LogP contribution in [0, 0.1) is 0 Å². The number of nitrogens with zero attached hydrogens (tertiary/aromatic N) is 3. The molecule has 1 saturated carbocycles. The van der Waals surface area contributed by atoms with Crippen LogP contribution in [0.1, 0.15) is 81.7 Å². The number of amides is 1. The molecule has 2 aromatic rings. The van der Waals surface area contributed by atoms with Gasteiger partial charge in [-0.25, -0.2) is 9.97 Å². The number of carbonyl (C=O) groups excluding carboxylic acids is 1. The van der Waals surface area contributed by atoms with Gasteiger partial charge >= 0.3 is 5.97 Å². The first kappa shape index (κ1) is 28.7. The summed E-state index contributed by atoms with van der Waals surface area (Å²) < 4.78 is 0. The standard InChI is InChI=1S/C28H40ClN5O3/c1-3-4-5-6-9-16-30-21-14-12-20(13-15-21)17-24-32-27(29)23(18-26(36)37)28(33-24)34(2)19-25(35)31-22-10-7-8-11-22/h12-15,22,30H,3-11,16-19H2,1-2H3,(H,31,35)(H,36,37). The number of anilines is 2. The monoisotopic (exact) mass is 529 g/mol. The van der Waals surface area contributed by atoms with Crippen LogP contribution in [0.4, 0.5) is 11.5 Å². The van der Waals surface area contributed by atoms with Gasteiger partial charge in [0.15, 0.2) is 0 Å². The average molecular weight is 530 g/mol. The number of nitrogens with one attached hydrogen (secondary N) is 2. The maximum Gasteiger partial charge on any atom is 0.308 e. The molecule has 1 amide bonds. The molecule has 0 atom stereocenters. The summed E-state index contributed by atoms with van der Waals surface area (Å²) in [6.07, 6.45) is 10.6. The number of carbonyl (C=O) groups is 2. The van der Waals surface area contributed by atoms with Gasteiger partial charge in [0.05, 0.1) is 13.0 Å². The molecule has 8 nitrogen and oxygen atoms in total. The lowest BCUT2D eigenvalue weighted by Crippen LogP contribution is -2.40. The lowest BCUT2D eigenvalue weighted by Gasteiger charge is -2.22. The van der Waals surface area contributed by atoms with Crippen LogP contribution < -0.4 is 15.5 Å². The van der Waals surface area contributed by atoms with Gasteiger partial charge in [0.25, 0.3) is 0 Å². The van der Waals surface area contributed by atoms with E-state index in [9.17, 15) is 14.7 Å². The van der Waals surface area contributed by atoms with Crippen LogP contribution in [0.3, 0.4) is 0 Å². The molecule has 0 saturated heterocycles. The second kappa shape index (κ2) is 14.8. The number of aliphatic carboxylic acids is 1. The highest BCUT2D eigenvalue weighted by atomic mass is 35.5. The van der Waals surface area contributed by atoms with Crippen molar-refractivity contribution in [1.82, 2.24) is 15.3 Å². The highest BCUT2D eigenvalue weighted by molar-refractivity contribution is 6.30. The molecule has 1 aliphatic carbocycles. The molecule has 1 fully saturated rings. The van der Waals surface area contributed by atoms with Gasteiger partial charge in [0.1, 0.15) is 16.8 Å². The summed E-state index contributed by atoms with van der Waals surface area (Å²) in [4.78, 5) is 34.8. The maximum absolute atomic E-state index is 12.6. The van der Waals surface area contributed by atoms with Crippen molar-refractivity contribution in [3.05, 3.63) is 46.4 Å². The van der Waals surface area contributed by atoms with Gasteiger partial charge in [-0.05, 0) is 37.0 Å². The van der Waals surface area contributed by atoms with E-state index in [0.717, 1.165) is 49.9 Å². The van der Waals surface area contributed by atoms with Crippen molar-refractivity contribution in [3.8, 4) is 0 Å². The summed E-state index contributed by atoms with van der Waals surface area (Å²) in [5.41, 5.74) is 2.40. The fraction of sp³-hybridized carbons (Fsp3) is 0.571. The fourth-order valence-electron chi connectivity index (χ4n) is 4.70. The van der Waals surface area contributed by atoms with Gasteiger partial charge in [0.2, 0.25) is 5.91 Å². The SMILES string of the molecule is CCCCCCCNc1ccc(Cc2nc(Cl)c(CC(=O)O)c(N(C)CC(=O)NC3CCCC3)n2)cc1. The van der Waals surface area contributed by atoms with E-state index < -0.39 is 5.97 Å². The van der Waals surface area contributed by atoms with E-state index >= 15 is 0 Å². The molecule has 0 aliphatic heterocycles. The van der Waals surface area contributed by atoms with Gasteiger partial charge in [0, 0.05) is 37.3 Å². The van der Waals surface area contributed by atoms with Crippen LogP contribution in [0.15, 0.2) is 24.3 Å². The quantitative estimate of drug-likeness (QED) is 0.214. The van der Waals surface area contributed by atoms with Crippen LogP contribution >= 0.6 is 11.6 Å². The minimum atomic E-state index is -1.03. The van der Waals surface area contributed by atoms with E-state index in [0.29, 0.717) is 23.6 Å². The van der Waals surface area contributed by atoms with E-state index in [2.05, 4.69) is 27.5 Å². The number of unbranched alkanes of at least 4 members (excludes halogenated alkanes) is 4. The van der Waals surface area contributed by atoms with Crippen LogP contribution in [-0.2, 0) is 22.4 Å². The summed E-state index contributed by atoms with van der Waals surface area (Å²) in [6, 6.07) is 8.35. The van der Waals surface area contributed by atoms with Gasteiger partial charge in [-0.3, -0.25) is 9.59 Å². The van der Waals surface area contributed by atoms with Crippen molar-refractivity contribution in [2.24, 2.45) is 0 Å². The van der Waals surface area contributed by atoms with Crippen molar-refractivity contribution in [2.75, 3.05) is 30.4 Å². The first-order valence-corrected chi connectivity index (χ1v) is 13.8. The number of rotatable bonds is 15. The Morgan fingerprint density at radius 1 is 1.08 bits per heavy atom. The summed E-state index contributed by atoms with van der Waals surface area (Å²) in [6.45, 7) is 3.24. The van der Waals surface area contributed by atoms with Crippen molar-refractivity contribution in [3.63, 3.8) is 0 Å². The molecule has 1 aliphatic rings. The van der Waals surface area contributed by atoms with Gasteiger partial charge < -0.3 is 20.6 Å². The van der Waals surface area contributed by atoms with Gasteiger partial charge in [-0.15, -0.1) is 0 Å². The molecule has 3 N–H and O–H groups in total. The molecule has 1 heterocycles. The van der Waals surface area contributed by atoms with Crippen molar-refractivity contribution >= 4 is 35.0 Å². The van der Waals surface area contributed by atoms with Crippen LogP contribution in [0.25, 0.3) is 0 Å². The molecule has 0 spiro atoms. The van der Waals surface area contributed by atoms with E-state index in [1.807, 2.05) is 24.3 Å². The number of likely N-dealkylation sites (N-methyl/N-ethyl adjacent to an activating group) is 1. The second-order valence-electron chi connectivity index (χ2n) is 9.92. The summed E-state index contributed by atoms with van der Waals surface area (Å²) in [7, 11) is 1.73. The smallest absolute Gasteiger partial charge is 0.308 e. The van der Waals surface area contributed by atoms with Gasteiger partial charge in [-0.2, -0.15) is 0 Å². The van der Waals surface area contributed by atoms with Crippen molar-refractivity contribution in [1.29, 1.82) is 0 Å². The third-order valence-corrected chi connectivity index (χ3v) is 7.01. The second-order valence-corrected chi connectivity index (χ2v) is 10.3. The number of benzene rings is 1. The van der Waals surface area contributed by atoms with Crippen LogP contribution in [-0.4, -0.2) is 53.1 Å². The molecule has 0 unspecified atom stereocenters. The third-order valence-electron chi connectivity index (χ3n) is 6.70. The maximum atomic E-state index is 12.6. The Balaban J connectivity index is 1.66. The van der Waals surface area contributed by atoms with E-state index in [1.165, 1.54) is 25.7 Å². The Kier molecular flexibility index (Phi) is 11.5. The zero-order valence-electron chi connectivity index (χ0n) is 22.1. The number of hydrogen-bond donors (Lipinski definition) is 3. The fourth-order valence-corrected chi connectivity index (χ4v) is 4.95. The third kappa shape index (κ3) is 9.50. The van der Waals surface area contributed by atoms with E-state index in [4.69, 9.17) is 11.6 Å². The highest BCUT2D eigenvalue weighted by Gasteiger charge is 2.22. The van der Waals surface area contributed by atoms with Crippen molar-refractivity contribution < 1.29 is 14.7 Å². The van der Waals surface area contributed by atoms with E-state index in [1.54, 1.807) is 11.9 Å². The highest BCUT2D eigenvalue weighted by Crippen LogP contribution is 2.26. The molecular weight excluding hydrogens is 490 g/mol. The minimum Gasteiger partial charge on any atom is -0.481 e. The Morgan fingerprint density at radius 3 is 2.46 bits per heavy atom. The molecule has 1 aromatic heterocycles. The predicted octanol–water partition coefficient (Wildman–Crippen LogP) is 5.23. The molecule has 1 aromatic carbocycles. The molecule has 9 heteroatoms. The summed E-state index contributed by atoms with van der Waals surface area (Å²) in [5, 5.41) is 16.0. The lowest BCUT2D eigenvalue weighted by atomic mass is 10.1. The Bertz CT molecular complexity index is 1030. The minimum absolute atomic E-state index is 0.0642. The zero-order valence-corrected chi connectivity index (χ0v) is 22.8. The summed E-state index contributed by atoms with van der Waals surface area (Å²) in [5.74, 6) is -0.286. The molecule has 0 bridgehead atoms. The predicted molar refractivity (Wildman–Crippen MR) is 149 cm³/mol. The lowest BCUT2D eigenvalue weighted by molar-refractivity contribution is -0.136. The van der Waals surface area contributed by atoms with Crippen LogP contribution in [0.2, 0.25) is 5.15 Å². The average Bonchev–Trinajstić information content (AvgIpc) is 3.36. The van der Waals surface area contributed by atoms with Gasteiger partial charge in [-0.1, -0.05) is 69.2 Å². The van der Waals surface area contributed by atoms with Crippen LogP contribution in [0.5, 0.6) is 0 Å². The number of halogens is 1. The number of carboxylic acid groups (broad SMARTS) is 1.